The summed E-state index contributed by atoms with van der Waals surface area (Å²) in [5, 5.41) is 0.201. The lowest BCUT2D eigenvalue weighted by atomic mass is 10.1. The van der Waals surface area contributed by atoms with Gasteiger partial charge in [-0.2, -0.15) is 0 Å². The first-order valence-corrected chi connectivity index (χ1v) is 9.93. The van der Waals surface area contributed by atoms with Crippen LogP contribution in [0.4, 0.5) is 13.9 Å². The van der Waals surface area contributed by atoms with E-state index >= 15 is 0 Å². The van der Waals surface area contributed by atoms with Gasteiger partial charge in [-0.3, -0.25) is 14.7 Å². The van der Waals surface area contributed by atoms with Crippen LogP contribution in [0.2, 0.25) is 0 Å². The highest BCUT2D eigenvalue weighted by atomic mass is 32.1. The topological polar surface area (TPSA) is 72.4 Å². The highest BCUT2D eigenvalue weighted by Gasteiger charge is 2.23. The van der Waals surface area contributed by atoms with Gasteiger partial charge in [0.05, 0.1) is 29.6 Å². The number of esters is 1. The number of nitrogens with zero attached hydrogens (tertiary/aromatic N) is 3. The number of carbonyl (C=O) groups is 2. The van der Waals surface area contributed by atoms with Gasteiger partial charge in [0.2, 0.25) is 0 Å². The monoisotopic (exact) mass is 439 g/mol. The van der Waals surface area contributed by atoms with Crippen molar-refractivity contribution in [1.29, 1.82) is 0 Å². The Balaban J connectivity index is 1.75. The minimum atomic E-state index is -0.801. The summed E-state index contributed by atoms with van der Waals surface area (Å²) in [6, 6.07) is 13.1. The van der Waals surface area contributed by atoms with Crippen LogP contribution in [0.5, 0.6) is 0 Å². The predicted octanol–water partition coefficient (Wildman–Crippen LogP) is 4.60. The van der Waals surface area contributed by atoms with Gasteiger partial charge in [-0.05, 0) is 42.5 Å². The summed E-state index contributed by atoms with van der Waals surface area (Å²) < 4.78 is 32.7. The van der Waals surface area contributed by atoms with Crippen LogP contribution in [0.3, 0.4) is 0 Å². The Hall–Kier alpha value is -3.72. The molecular formula is C22H15F2N3O3S. The minimum absolute atomic E-state index is 0.0127. The number of fused-ring (bicyclic) bond motifs is 1. The van der Waals surface area contributed by atoms with Gasteiger partial charge in [0.1, 0.15) is 11.3 Å². The third-order valence-electron chi connectivity index (χ3n) is 4.48. The van der Waals surface area contributed by atoms with E-state index in [9.17, 15) is 18.4 Å². The quantitative estimate of drug-likeness (QED) is 0.425. The van der Waals surface area contributed by atoms with Crippen molar-refractivity contribution in [2.75, 3.05) is 12.0 Å². The number of amides is 1. The van der Waals surface area contributed by atoms with Gasteiger partial charge in [-0.25, -0.2) is 18.6 Å². The van der Waals surface area contributed by atoms with E-state index in [-0.39, 0.29) is 27.5 Å². The van der Waals surface area contributed by atoms with Crippen molar-refractivity contribution in [1.82, 2.24) is 9.97 Å². The Kier molecular flexibility index (Phi) is 5.68. The lowest BCUT2D eigenvalue weighted by Crippen LogP contribution is -2.30. The van der Waals surface area contributed by atoms with Crippen molar-refractivity contribution in [3.8, 4) is 0 Å². The van der Waals surface area contributed by atoms with Gasteiger partial charge >= 0.3 is 5.97 Å². The highest BCUT2D eigenvalue weighted by molar-refractivity contribution is 7.22. The molecule has 0 fully saturated rings. The number of hydrogen-bond donors (Lipinski definition) is 0. The average molecular weight is 439 g/mol. The Labute approximate surface area is 179 Å². The van der Waals surface area contributed by atoms with E-state index in [1.165, 1.54) is 42.3 Å². The molecule has 156 valence electrons. The van der Waals surface area contributed by atoms with Gasteiger partial charge in [-0.15, -0.1) is 0 Å². The lowest BCUT2D eigenvalue weighted by molar-refractivity contribution is 0.0600. The first-order chi connectivity index (χ1) is 15.0. The van der Waals surface area contributed by atoms with Gasteiger partial charge in [0.25, 0.3) is 5.91 Å². The molecule has 2 aromatic heterocycles. The third-order valence-corrected chi connectivity index (χ3v) is 5.50. The van der Waals surface area contributed by atoms with Crippen LogP contribution in [0.1, 0.15) is 26.4 Å². The number of anilines is 1. The zero-order chi connectivity index (χ0) is 22.0. The van der Waals surface area contributed by atoms with Crippen molar-refractivity contribution in [2.24, 2.45) is 0 Å². The van der Waals surface area contributed by atoms with E-state index in [2.05, 4.69) is 14.7 Å². The molecule has 4 rings (SSSR count). The normalized spacial score (nSPS) is 10.8. The van der Waals surface area contributed by atoms with E-state index in [0.29, 0.717) is 11.3 Å². The zero-order valence-corrected chi connectivity index (χ0v) is 17.0. The second-order valence-corrected chi connectivity index (χ2v) is 7.52. The number of pyridine rings is 1. The Bertz CT molecular complexity index is 1260. The summed E-state index contributed by atoms with van der Waals surface area (Å²) in [6.07, 6.45) is 1.59. The second-order valence-electron chi connectivity index (χ2n) is 6.51. The molecule has 4 aromatic rings. The molecule has 0 saturated heterocycles. The first kappa shape index (κ1) is 20.5. The molecule has 0 aliphatic rings. The minimum Gasteiger partial charge on any atom is -0.465 e. The number of benzene rings is 2. The fourth-order valence-electron chi connectivity index (χ4n) is 2.96. The molecule has 1 amide bonds. The fourth-order valence-corrected chi connectivity index (χ4v) is 3.97. The molecule has 0 radical (unpaired) electrons. The van der Waals surface area contributed by atoms with Crippen LogP contribution in [-0.4, -0.2) is 29.0 Å². The number of aromatic nitrogens is 2. The van der Waals surface area contributed by atoms with Crippen LogP contribution < -0.4 is 4.90 Å². The molecule has 9 heteroatoms. The molecule has 2 heterocycles. The fraction of sp³-hybridized carbons (Fsp3) is 0.0909. The smallest absolute Gasteiger partial charge is 0.337 e. The molecule has 0 bridgehead atoms. The standard InChI is InChI=1S/C22H15F2N3O3S/c1-30-21(29)14-7-5-13(6-8-14)20(28)27(12-16-4-2-3-9-25-16)22-26-19-17(24)10-15(23)11-18(19)31-22/h2-11H,12H2,1H3. The Morgan fingerprint density at radius 1 is 1.06 bits per heavy atom. The van der Waals surface area contributed by atoms with Crippen molar-refractivity contribution in [2.45, 2.75) is 6.54 Å². The van der Waals surface area contributed by atoms with Gasteiger partial charge in [-0.1, -0.05) is 17.4 Å². The molecule has 2 aromatic carbocycles. The summed E-state index contributed by atoms with van der Waals surface area (Å²) in [4.78, 5) is 34.8. The summed E-state index contributed by atoms with van der Waals surface area (Å²) in [6.45, 7) is 0.0718. The van der Waals surface area contributed by atoms with Gasteiger partial charge < -0.3 is 4.74 Å². The molecule has 0 spiro atoms. The highest BCUT2D eigenvalue weighted by Crippen LogP contribution is 2.32. The maximum Gasteiger partial charge on any atom is 0.337 e. The van der Waals surface area contributed by atoms with Crippen LogP contribution in [0.25, 0.3) is 10.2 Å². The van der Waals surface area contributed by atoms with E-state index < -0.39 is 23.5 Å². The Morgan fingerprint density at radius 2 is 1.81 bits per heavy atom. The molecule has 0 aliphatic carbocycles. The van der Waals surface area contributed by atoms with Crippen LogP contribution >= 0.6 is 11.3 Å². The maximum atomic E-state index is 14.2. The SMILES string of the molecule is COC(=O)c1ccc(C(=O)N(Cc2ccccn2)c2nc3c(F)cc(F)cc3s2)cc1. The van der Waals surface area contributed by atoms with Gasteiger partial charge in [0, 0.05) is 17.8 Å². The molecular weight excluding hydrogens is 424 g/mol. The molecule has 0 unspecified atom stereocenters. The van der Waals surface area contributed by atoms with E-state index in [0.717, 1.165) is 17.4 Å². The lowest BCUT2D eigenvalue weighted by Gasteiger charge is -2.19. The molecule has 0 N–H and O–H groups in total. The van der Waals surface area contributed by atoms with E-state index in [1.807, 2.05) is 0 Å². The summed E-state index contributed by atoms with van der Waals surface area (Å²) in [5.41, 5.74) is 1.16. The summed E-state index contributed by atoms with van der Waals surface area (Å²) >= 11 is 1.000. The number of halogens is 2. The largest absolute Gasteiger partial charge is 0.465 e. The third kappa shape index (κ3) is 4.26. The van der Waals surface area contributed by atoms with Crippen molar-refractivity contribution in [3.05, 3.63) is 89.2 Å². The molecule has 0 aliphatic heterocycles. The Morgan fingerprint density at radius 3 is 2.48 bits per heavy atom. The molecule has 0 atom stereocenters. The van der Waals surface area contributed by atoms with Crippen molar-refractivity contribution >= 4 is 38.6 Å². The molecule has 6 nitrogen and oxygen atoms in total. The van der Waals surface area contributed by atoms with E-state index in [1.54, 1.807) is 24.4 Å². The van der Waals surface area contributed by atoms with Crippen LogP contribution in [0.15, 0.2) is 60.8 Å². The summed E-state index contributed by atoms with van der Waals surface area (Å²) in [5.74, 6) is -2.47. The number of rotatable bonds is 5. The second kappa shape index (κ2) is 8.57. The van der Waals surface area contributed by atoms with Crippen molar-refractivity contribution in [3.63, 3.8) is 0 Å². The van der Waals surface area contributed by atoms with E-state index in [4.69, 9.17) is 0 Å². The molecule has 31 heavy (non-hydrogen) atoms. The molecule has 0 saturated carbocycles. The maximum absolute atomic E-state index is 14.2. The summed E-state index contributed by atoms with van der Waals surface area (Å²) in [7, 11) is 1.27. The van der Waals surface area contributed by atoms with Crippen LogP contribution in [-0.2, 0) is 11.3 Å². The van der Waals surface area contributed by atoms with Gasteiger partial charge in [0.15, 0.2) is 10.9 Å². The first-order valence-electron chi connectivity index (χ1n) is 9.12. The number of hydrogen-bond acceptors (Lipinski definition) is 6. The number of methoxy groups -OCH3 is 1. The van der Waals surface area contributed by atoms with Crippen LogP contribution in [0, 0.1) is 11.6 Å². The predicted molar refractivity (Wildman–Crippen MR) is 112 cm³/mol. The number of carbonyl (C=O) groups excluding carboxylic acids is 2. The number of thiazole rings is 1. The van der Waals surface area contributed by atoms with Crippen molar-refractivity contribution < 1.29 is 23.1 Å². The zero-order valence-electron chi connectivity index (χ0n) is 16.2. The average Bonchev–Trinajstić information content (AvgIpc) is 3.21. The number of ether oxygens (including phenoxy) is 1.